The largest absolute Gasteiger partial charge is 0.436 e. The van der Waals surface area contributed by atoms with Crippen molar-refractivity contribution < 1.29 is 4.42 Å². The van der Waals surface area contributed by atoms with Gasteiger partial charge < -0.3 is 9.73 Å². The average Bonchev–Trinajstić information content (AvgIpc) is 2.84. The van der Waals surface area contributed by atoms with E-state index in [2.05, 4.69) is 43.2 Å². The minimum Gasteiger partial charge on any atom is -0.436 e. The predicted octanol–water partition coefficient (Wildman–Crippen LogP) is 4.54. The van der Waals surface area contributed by atoms with Crippen LogP contribution in [-0.4, -0.2) is 11.5 Å². The summed E-state index contributed by atoms with van der Waals surface area (Å²) in [6.45, 7) is 7.13. The molecule has 0 saturated heterocycles. The Kier molecular flexibility index (Phi) is 3.18. The van der Waals surface area contributed by atoms with E-state index in [0.717, 1.165) is 34.5 Å². The van der Waals surface area contributed by atoms with Crippen LogP contribution in [0.25, 0.3) is 22.6 Å². The quantitative estimate of drug-likeness (QED) is 0.756. The van der Waals surface area contributed by atoms with Crippen LogP contribution < -0.4 is 5.32 Å². The molecule has 1 heterocycles. The average molecular weight is 266 g/mol. The van der Waals surface area contributed by atoms with Gasteiger partial charge in [0.25, 0.3) is 0 Å². The summed E-state index contributed by atoms with van der Waals surface area (Å²) in [6.07, 6.45) is 0. The Labute approximate surface area is 118 Å². The van der Waals surface area contributed by atoms with Crippen LogP contribution in [0.2, 0.25) is 0 Å². The molecule has 20 heavy (non-hydrogen) atoms. The molecule has 2 aromatic carbocycles. The molecule has 3 rings (SSSR count). The van der Waals surface area contributed by atoms with Crippen LogP contribution in [-0.2, 0) is 0 Å². The SMILES string of the molecule is CCNc1ccc(-c2nc3cc(C)cc(C)c3o2)cc1. The Bertz CT molecular complexity index is 742. The van der Waals surface area contributed by atoms with Crippen molar-refractivity contribution >= 4 is 16.8 Å². The fraction of sp³-hybridized carbons (Fsp3) is 0.235. The highest BCUT2D eigenvalue weighted by atomic mass is 16.3. The maximum Gasteiger partial charge on any atom is 0.227 e. The highest BCUT2D eigenvalue weighted by Gasteiger charge is 2.10. The lowest BCUT2D eigenvalue weighted by atomic mass is 10.1. The Morgan fingerprint density at radius 1 is 1.10 bits per heavy atom. The third-order valence-corrected chi connectivity index (χ3v) is 3.33. The molecule has 3 heteroatoms. The maximum atomic E-state index is 5.91. The highest BCUT2D eigenvalue weighted by molar-refractivity contribution is 5.80. The monoisotopic (exact) mass is 266 g/mol. The van der Waals surface area contributed by atoms with Gasteiger partial charge in [0.1, 0.15) is 5.52 Å². The Balaban J connectivity index is 2.03. The highest BCUT2D eigenvalue weighted by Crippen LogP contribution is 2.28. The normalized spacial score (nSPS) is 10.9. The first kappa shape index (κ1) is 12.7. The predicted molar refractivity (Wildman–Crippen MR) is 83.1 cm³/mol. The zero-order valence-corrected chi connectivity index (χ0v) is 12.0. The summed E-state index contributed by atoms with van der Waals surface area (Å²) in [4.78, 5) is 4.59. The molecule has 0 amide bonds. The molecule has 0 fully saturated rings. The number of oxazole rings is 1. The standard InChI is InChI=1S/C17H18N2O/c1-4-18-14-7-5-13(6-8-14)17-19-15-10-11(2)9-12(3)16(15)20-17/h5-10,18H,4H2,1-3H3. The lowest BCUT2D eigenvalue weighted by molar-refractivity contribution is 0.617. The minimum atomic E-state index is 0.678. The molecule has 0 saturated carbocycles. The molecule has 3 nitrogen and oxygen atoms in total. The van der Waals surface area contributed by atoms with Crippen LogP contribution in [0.15, 0.2) is 40.8 Å². The molecule has 1 N–H and O–H groups in total. The second-order valence-corrected chi connectivity index (χ2v) is 5.06. The van der Waals surface area contributed by atoms with E-state index in [4.69, 9.17) is 4.42 Å². The van der Waals surface area contributed by atoms with Crippen molar-refractivity contribution in [2.75, 3.05) is 11.9 Å². The molecular weight excluding hydrogens is 248 g/mol. The molecule has 0 aliphatic heterocycles. The van der Waals surface area contributed by atoms with Crippen LogP contribution in [0.5, 0.6) is 0 Å². The first-order valence-corrected chi connectivity index (χ1v) is 6.89. The number of nitrogens with zero attached hydrogens (tertiary/aromatic N) is 1. The maximum absolute atomic E-state index is 5.91. The number of rotatable bonds is 3. The van der Waals surface area contributed by atoms with Gasteiger partial charge in [-0.05, 0) is 62.2 Å². The smallest absolute Gasteiger partial charge is 0.227 e. The zero-order valence-electron chi connectivity index (χ0n) is 12.0. The van der Waals surface area contributed by atoms with E-state index in [1.807, 2.05) is 24.3 Å². The van der Waals surface area contributed by atoms with E-state index < -0.39 is 0 Å². The number of aryl methyl sites for hydroxylation is 2. The van der Waals surface area contributed by atoms with Gasteiger partial charge in [-0.2, -0.15) is 0 Å². The molecule has 0 spiro atoms. The second kappa shape index (κ2) is 5.00. The third-order valence-electron chi connectivity index (χ3n) is 3.33. The number of aromatic nitrogens is 1. The fourth-order valence-electron chi connectivity index (χ4n) is 2.43. The molecule has 102 valence electrons. The summed E-state index contributed by atoms with van der Waals surface area (Å²) in [6, 6.07) is 12.3. The number of benzene rings is 2. The van der Waals surface area contributed by atoms with Crippen LogP contribution in [0.4, 0.5) is 5.69 Å². The molecular formula is C17H18N2O. The van der Waals surface area contributed by atoms with Gasteiger partial charge in [0, 0.05) is 17.8 Å². The number of fused-ring (bicyclic) bond motifs is 1. The zero-order chi connectivity index (χ0) is 14.1. The summed E-state index contributed by atoms with van der Waals surface area (Å²) in [5.74, 6) is 0.678. The number of anilines is 1. The van der Waals surface area contributed by atoms with Gasteiger partial charge >= 0.3 is 0 Å². The molecule has 3 aromatic rings. The fourth-order valence-corrected chi connectivity index (χ4v) is 2.43. The molecule has 0 bridgehead atoms. The number of hydrogen-bond acceptors (Lipinski definition) is 3. The van der Waals surface area contributed by atoms with Crippen LogP contribution in [0, 0.1) is 13.8 Å². The van der Waals surface area contributed by atoms with Crippen molar-refractivity contribution in [2.24, 2.45) is 0 Å². The summed E-state index contributed by atoms with van der Waals surface area (Å²) < 4.78 is 5.91. The van der Waals surface area contributed by atoms with Gasteiger partial charge in [0.15, 0.2) is 5.58 Å². The molecule has 0 aliphatic carbocycles. The molecule has 0 aliphatic rings. The van der Waals surface area contributed by atoms with Crippen molar-refractivity contribution in [3.8, 4) is 11.5 Å². The van der Waals surface area contributed by atoms with Crippen LogP contribution in [0.1, 0.15) is 18.1 Å². The van der Waals surface area contributed by atoms with E-state index >= 15 is 0 Å². The Morgan fingerprint density at radius 2 is 1.85 bits per heavy atom. The first-order valence-electron chi connectivity index (χ1n) is 6.89. The van der Waals surface area contributed by atoms with Gasteiger partial charge in [0.05, 0.1) is 0 Å². The summed E-state index contributed by atoms with van der Waals surface area (Å²) >= 11 is 0. The number of nitrogens with one attached hydrogen (secondary N) is 1. The molecule has 0 radical (unpaired) electrons. The van der Waals surface area contributed by atoms with Crippen molar-refractivity contribution in [2.45, 2.75) is 20.8 Å². The summed E-state index contributed by atoms with van der Waals surface area (Å²) in [7, 11) is 0. The van der Waals surface area contributed by atoms with E-state index in [0.29, 0.717) is 5.89 Å². The summed E-state index contributed by atoms with van der Waals surface area (Å²) in [5.41, 5.74) is 6.24. The minimum absolute atomic E-state index is 0.678. The van der Waals surface area contributed by atoms with Gasteiger partial charge in [-0.1, -0.05) is 6.07 Å². The van der Waals surface area contributed by atoms with E-state index in [-0.39, 0.29) is 0 Å². The van der Waals surface area contributed by atoms with Crippen molar-refractivity contribution in [1.29, 1.82) is 0 Å². The van der Waals surface area contributed by atoms with Gasteiger partial charge in [-0.15, -0.1) is 0 Å². The summed E-state index contributed by atoms with van der Waals surface area (Å²) in [5, 5.41) is 3.28. The van der Waals surface area contributed by atoms with Gasteiger partial charge in [-0.3, -0.25) is 0 Å². The Hall–Kier alpha value is -2.29. The Morgan fingerprint density at radius 3 is 2.55 bits per heavy atom. The third kappa shape index (κ3) is 2.27. The van der Waals surface area contributed by atoms with E-state index in [1.54, 1.807) is 0 Å². The molecule has 0 atom stereocenters. The number of hydrogen-bond donors (Lipinski definition) is 1. The molecule has 0 unspecified atom stereocenters. The van der Waals surface area contributed by atoms with Crippen molar-refractivity contribution in [3.63, 3.8) is 0 Å². The van der Waals surface area contributed by atoms with Crippen molar-refractivity contribution in [1.82, 2.24) is 4.98 Å². The second-order valence-electron chi connectivity index (χ2n) is 5.06. The van der Waals surface area contributed by atoms with Crippen LogP contribution >= 0.6 is 0 Å². The topological polar surface area (TPSA) is 38.1 Å². The first-order chi connectivity index (χ1) is 9.67. The lowest BCUT2D eigenvalue weighted by Gasteiger charge is -2.02. The van der Waals surface area contributed by atoms with Crippen LogP contribution in [0.3, 0.4) is 0 Å². The molecule has 1 aromatic heterocycles. The lowest BCUT2D eigenvalue weighted by Crippen LogP contribution is -1.95. The van der Waals surface area contributed by atoms with Gasteiger partial charge in [0.2, 0.25) is 5.89 Å². The van der Waals surface area contributed by atoms with Crippen molar-refractivity contribution in [3.05, 3.63) is 47.5 Å². The van der Waals surface area contributed by atoms with E-state index in [9.17, 15) is 0 Å². The van der Waals surface area contributed by atoms with E-state index in [1.165, 1.54) is 5.56 Å². The van der Waals surface area contributed by atoms with Gasteiger partial charge in [-0.25, -0.2) is 4.98 Å².